The number of phenolic OH excluding ortho intramolecular Hbond substituents is 1. The monoisotopic (exact) mass is 482 g/mol. The van der Waals surface area contributed by atoms with E-state index < -0.39 is 6.04 Å². The lowest BCUT2D eigenvalue weighted by atomic mass is 9.94. The molecular weight excluding hydrogens is 455 g/mol. The number of unbranched alkanes of at least 4 members (excludes halogenated alkanes) is 2. The first-order valence-electron chi connectivity index (χ1n) is 11.2. The SMILES string of the molecule is CCCCCN1C(=S)NC(c2ccc(OC)c(O)c2)C(c2nc(-c3ccc(F)cc3)no2)=C1C. The number of halogens is 1. The number of thiocarbonyl (C=S) groups is 1. The highest BCUT2D eigenvalue weighted by molar-refractivity contribution is 7.80. The van der Waals surface area contributed by atoms with Crippen molar-refractivity contribution in [3.63, 3.8) is 0 Å². The average Bonchev–Trinajstić information content (AvgIpc) is 3.31. The summed E-state index contributed by atoms with van der Waals surface area (Å²) in [6, 6.07) is 10.7. The van der Waals surface area contributed by atoms with Crippen molar-refractivity contribution in [2.24, 2.45) is 0 Å². The van der Waals surface area contributed by atoms with Crippen LogP contribution >= 0.6 is 12.2 Å². The highest BCUT2D eigenvalue weighted by Crippen LogP contribution is 2.39. The van der Waals surface area contributed by atoms with Gasteiger partial charge in [0.1, 0.15) is 5.82 Å². The van der Waals surface area contributed by atoms with Crippen LogP contribution in [0.3, 0.4) is 0 Å². The van der Waals surface area contributed by atoms with Gasteiger partial charge >= 0.3 is 0 Å². The van der Waals surface area contributed by atoms with E-state index in [0.29, 0.717) is 28.1 Å². The Balaban J connectivity index is 1.78. The molecule has 2 heterocycles. The van der Waals surface area contributed by atoms with Crippen LogP contribution in [0.4, 0.5) is 4.39 Å². The van der Waals surface area contributed by atoms with Crippen molar-refractivity contribution in [1.82, 2.24) is 20.4 Å². The topological polar surface area (TPSA) is 83.7 Å². The molecule has 0 spiro atoms. The number of nitrogens with zero attached hydrogens (tertiary/aromatic N) is 3. The maximum atomic E-state index is 13.4. The summed E-state index contributed by atoms with van der Waals surface area (Å²) in [6.07, 6.45) is 3.18. The molecule has 0 fully saturated rings. The van der Waals surface area contributed by atoms with Crippen molar-refractivity contribution in [2.75, 3.05) is 13.7 Å². The van der Waals surface area contributed by atoms with Crippen molar-refractivity contribution >= 4 is 22.9 Å². The largest absolute Gasteiger partial charge is 0.504 e. The Morgan fingerprint density at radius 2 is 1.97 bits per heavy atom. The molecule has 1 aromatic heterocycles. The molecule has 0 bridgehead atoms. The number of hydrogen-bond acceptors (Lipinski definition) is 6. The third kappa shape index (κ3) is 4.75. The highest BCUT2D eigenvalue weighted by Gasteiger charge is 2.34. The molecule has 0 saturated heterocycles. The molecule has 2 N–H and O–H groups in total. The van der Waals surface area contributed by atoms with Crippen LogP contribution in [0.1, 0.15) is 50.6 Å². The third-order valence-corrected chi connectivity index (χ3v) is 6.21. The molecule has 4 rings (SSSR count). The van der Waals surface area contributed by atoms with Crippen LogP contribution in [0.5, 0.6) is 11.5 Å². The predicted octanol–water partition coefficient (Wildman–Crippen LogP) is 5.44. The summed E-state index contributed by atoms with van der Waals surface area (Å²) in [5, 5.41) is 18.5. The smallest absolute Gasteiger partial charge is 0.258 e. The number of aromatic nitrogens is 2. The third-order valence-electron chi connectivity index (χ3n) is 5.88. The lowest BCUT2D eigenvalue weighted by Crippen LogP contribution is -2.46. The fraction of sp³-hybridized carbons (Fsp3) is 0.320. The number of aromatic hydroxyl groups is 1. The lowest BCUT2D eigenvalue weighted by Gasteiger charge is -2.37. The van der Waals surface area contributed by atoms with E-state index in [4.69, 9.17) is 21.5 Å². The van der Waals surface area contributed by atoms with Gasteiger partial charge in [0, 0.05) is 17.8 Å². The second-order valence-electron chi connectivity index (χ2n) is 8.10. The van der Waals surface area contributed by atoms with Crippen molar-refractivity contribution in [3.8, 4) is 22.9 Å². The van der Waals surface area contributed by atoms with Crippen LogP contribution in [-0.2, 0) is 0 Å². The number of rotatable bonds is 8. The van der Waals surface area contributed by atoms with Crippen LogP contribution in [0.15, 0.2) is 52.7 Å². The zero-order valence-electron chi connectivity index (χ0n) is 19.3. The van der Waals surface area contributed by atoms with Crippen LogP contribution in [-0.4, -0.2) is 38.9 Å². The van der Waals surface area contributed by atoms with Gasteiger partial charge in [-0.05, 0) is 67.5 Å². The van der Waals surface area contributed by atoms with Gasteiger partial charge in [-0.3, -0.25) is 0 Å². The molecule has 1 aliphatic heterocycles. The number of hydrogen-bond donors (Lipinski definition) is 2. The summed E-state index contributed by atoms with van der Waals surface area (Å²) in [4.78, 5) is 6.66. The minimum absolute atomic E-state index is 0.0210. The van der Waals surface area contributed by atoms with Gasteiger partial charge in [0.25, 0.3) is 5.89 Å². The maximum Gasteiger partial charge on any atom is 0.258 e. The molecule has 34 heavy (non-hydrogen) atoms. The zero-order chi connectivity index (χ0) is 24.2. The predicted molar refractivity (Wildman–Crippen MR) is 132 cm³/mol. The number of phenols is 1. The molecule has 3 aromatic rings. The van der Waals surface area contributed by atoms with E-state index in [2.05, 4.69) is 22.4 Å². The Labute approximate surface area is 203 Å². The molecule has 0 saturated carbocycles. The van der Waals surface area contributed by atoms with E-state index in [-0.39, 0.29) is 11.6 Å². The van der Waals surface area contributed by atoms with Gasteiger partial charge in [0.2, 0.25) is 5.82 Å². The Kier molecular flexibility index (Phi) is 7.12. The standard InChI is InChI=1S/C25H27FN4O3S/c1-4-5-6-13-30-15(2)21(24-28-23(29-33-24)16-7-10-18(26)11-8-16)22(27-25(30)34)17-9-12-20(32-3)19(31)14-17/h7-12,14,22,31H,4-6,13H2,1-3H3,(H,27,34). The van der Waals surface area contributed by atoms with Gasteiger partial charge in [0.15, 0.2) is 16.6 Å². The second-order valence-corrected chi connectivity index (χ2v) is 8.49. The summed E-state index contributed by atoms with van der Waals surface area (Å²) in [6.45, 7) is 4.89. The molecule has 0 radical (unpaired) electrons. The Morgan fingerprint density at radius 1 is 1.21 bits per heavy atom. The van der Waals surface area contributed by atoms with Crippen molar-refractivity contribution in [3.05, 3.63) is 65.4 Å². The maximum absolute atomic E-state index is 13.4. The normalized spacial score (nSPS) is 16.1. The molecule has 1 aliphatic rings. The summed E-state index contributed by atoms with van der Waals surface area (Å²) in [5.41, 5.74) is 3.07. The average molecular weight is 483 g/mol. The first kappa shape index (κ1) is 23.7. The van der Waals surface area contributed by atoms with E-state index in [0.717, 1.165) is 42.6 Å². The van der Waals surface area contributed by atoms with Gasteiger partial charge < -0.3 is 24.6 Å². The summed E-state index contributed by atoms with van der Waals surface area (Å²) in [7, 11) is 1.50. The molecular formula is C25H27FN4O3S. The van der Waals surface area contributed by atoms with Crippen LogP contribution < -0.4 is 10.1 Å². The molecule has 178 valence electrons. The lowest BCUT2D eigenvalue weighted by molar-refractivity contribution is 0.372. The number of benzene rings is 2. The Hall–Kier alpha value is -3.46. The number of methoxy groups -OCH3 is 1. The minimum Gasteiger partial charge on any atom is -0.504 e. The van der Waals surface area contributed by atoms with E-state index in [1.54, 1.807) is 24.3 Å². The summed E-state index contributed by atoms with van der Waals surface area (Å²) in [5.74, 6) is 0.748. The molecule has 7 nitrogen and oxygen atoms in total. The zero-order valence-corrected chi connectivity index (χ0v) is 20.2. The van der Waals surface area contributed by atoms with Gasteiger partial charge in [-0.2, -0.15) is 4.98 Å². The minimum atomic E-state index is -0.423. The Morgan fingerprint density at radius 3 is 2.65 bits per heavy atom. The molecule has 0 aliphatic carbocycles. The van der Waals surface area contributed by atoms with Crippen LogP contribution in [0.2, 0.25) is 0 Å². The molecule has 1 atom stereocenters. The fourth-order valence-corrected chi connectivity index (χ4v) is 4.38. The number of allylic oxidation sites excluding steroid dienone is 1. The number of ether oxygens (including phenoxy) is 1. The van der Waals surface area contributed by atoms with Crippen LogP contribution in [0.25, 0.3) is 17.0 Å². The quantitative estimate of drug-likeness (QED) is 0.324. The van der Waals surface area contributed by atoms with Crippen molar-refractivity contribution < 1.29 is 18.8 Å². The molecule has 2 aromatic carbocycles. The highest BCUT2D eigenvalue weighted by atomic mass is 32.1. The fourth-order valence-electron chi connectivity index (χ4n) is 4.03. The van der Waals surface area contributed by atoms with Crippen LogP contribution in [0, 0.1) is 5.82 Å². The molecule has 1 unspecified atom stereocenters. The van der Waals surface area contributed by atoms with Crippen molar-refractivity contribution in [1.29, 1.82) is 0 Å². The van der Waals surface area contributed by atoms with Crippen molar-refractivity contribution in [2.45, 2.75) is 39.2 Å². The van der Waals surface area contributed by atoms with E-state index >= 15 is 0 Å². The first-order valence-corrected chi connectivity index (χ1v) is 11.6. The molecule has 0 amide bonds. The molecule has 9 heteroatoms. The summed E-state index contributed by atoms with van der Waals surface area (Å²) >= 11 is 5.70. The van der Waals surface area contributed by atoms with E-state index in [1.165, 1.54) is 19.2 Å². The van der Waals surface area contributed by atoms with Gasteiger partial charge in [-0.1, -0.05) is 31.0 Å². The Bertz CT molecular complexity index is 1210. The van der Waals surface area contributed by atoms with Gasteiger partial charge in [0.05, 0.1) is 18.7 Å². The summed E-state index contributed by atoms with van der Waals surface area (Å²) < 4.78 is 24.2. The van der Waals surface area contributed by atoms with E-state index in [9.17, 15) is 9.50 Å². The van der Waals surface area contributed by atoms with Gasteiger partial charge in [-0.15, -0.1) is 0 Å². The number of nitrogens with one attached hydrogen (secondary N) is 1. The first-order chi connectivity index (χ1) is 16.4. The van der Waals surface area contributed by atoms with E-state index in [1.807, 2.05) is 17.9 Å². The van der Waals surface area contributed by atoms with Gasteiger partial charge in [-0.25, -0.2) is 4.39 Å². The second kappa shape index (κ2) is 10.2.